The van der Waals surface area contributed by atoms with E-state index >= 15 is 0 Å². The number of rotatable bonds is 6. The lowest BCUT2D eigenvalue weighted by Crippen LogP contribution is -2.31. The smallest absolute Gasteiger partial charge is 0.0360 e. The van der Waals surface area contributed by atoms with E-state index in [9.17, 15) is 0 Å². The third kappa shape index (κ3) is 4.32. The molecule has 2 atom stereocenters. The van der Waals surface area contributed by atoms with Crippen LogP contribution in [0.2, 0.25) is 0 Å². The second-order valence-corrected chi connectivity index (χ2v) is 6.13. The van der Waals surface area contributed by atoms with Gasteiger partial charge in [-0.2, -0.15) is 0 Å². The van der Waals surface area contributed by atoms with E-state index in [-0.39, 0.29) is 0 Å². The molecule has 2 rings (SSSR count). The lowest BCUT2D eigenvalue weighted by atomic mass is 9.96. The average molecular weight is 274 g/mol. The van der Waals surface area contributed by atoms with E-state index in [0.717, 1.165) is 18.9 Å². The molecule has 1 heterocycles. The van der Waals surface area contributed by atoms with Crippen LogP contribution in [0.3, 0.4) is 0 Å². The summed E-state index contributed by atoms with van der Waals surface area (Å²) in [4.78, 5) is 2.68. The van der Waals surface area contributed by atoms with E-state index in [1.165, 1.54) is 50.8 Å². The topological polar surface area (TPSA) is 29.3 Å². The molecule has 1 aromatic rings. The van der Waals surface area contributed by atoms with Gasteiger partial charge in [0.2, 0.25) is 0 Å². The molecule has 0 spiro atoms. The fourth-order valence-electron chi connectivity index (χ4n) is 3.59. The van der Waals surface area contributed by atoms with Gasteiger partial charge < -0.3 is 5.73 Å². The minimum Gasteiger partial charge on any atom is -0.330 e. The summed E-state index contributed by atoms with van der Waals surface area (Å²) in [7, 11) is 0. The Kier molecular flexibility index (Phi) is 6.55. The molecule has 0 amide bonds. The standard InChI is InChI=1S/C18H30N2/c1-2-7-16-8-6-14-20(15-12-16)18(11-13-19)17-9-4-3-5-10-17/h3-5,9-10,16,18H,2,6-8,11-15,19H2,1H3. The van der Waals surface area contributed by atoms with Crippen LogP contribution in [0.15, 0.2) is 30.3 Å². The molecule has 1 aromatic carbocycles. The van der Waals surface area contributed by atoms with Crippen molar-refractivity contribution in [3.8, 4) is 0 Å². The first-order chi connectivity index (χ1) is 9.85. The number of benzene rings is 1. The van der Waals surface area contributed by atoms with Gasteiger partial charge >= 0.3 is 0 Å². The van der Waals surface area contributed by atoms with Crippen LogP contribution < -0.4 is 5.73 Å². The zero-order chi connectivity index (χ0) is 14.2. The molecule has 2 unspecified atom stereocenters. The first-order valence-electron chi connectivity index (χ1n) is 8.34. The summed E-state index contributed by atoms with van der Waals surface area (Å²) in [6.45, 7) is 5.56. The highest BCUT2D eigenvalue weighted by molar-refractivity contribution is 5.19. The predicted molar refractivity (Wildman–Crippen MR) is 86.7 cm³/mol. The van der Waals surface area contributed by atoms with E-state index in [1.807, 2.05) is 0 Å². The number of hydrogen-bond acceptors (Lipinski definition) is 2. The normalized spacial score (nSPS) is 22.4. The third-order valence-corrected chi connectivity index (χ3v) is 4.64. The molecule has 2 heteroatoms. The van der Waals surface area contributed by atoms with Gasteiger partial charge in [0.05, 0.1) is 0 Å². The van der Waals surface area contributed by atoms with Gasteiger partial charge in [0.1, 0.15) is 0 Å². The van der Waals surface area contributed by atoms with Crippen molar-refractivity contribution >= 4 is 0 Å². The van der Waals surface area contributed by atoms with Gasteiger partial charge in [-0.1, -0.05) is 50.1 Å². The number of nitrogens with zero attached hydrogens (tertiary/aromatic N) is 1. The number of hydrogen-bond donors (Lipinski definition) is 1. The van der Waals surface area contributed by atoms with Crippen LogP contribution in [0.5, 0.6) is 0 Å². The highest BCUT2D eigenvalue weighted by Crippen LogP contribution is 2.29. The Morgan fingerprint density at radius 3 is 2.70 bits per heavy atom. The van der Waals surface area contributed by atoms with Gasteiger partial charge in [-0.25, -0.2) is 0 Å². The van der Waals surface area contributed by atoms with Crippen molar-refractivity contribution in [2.24, 2.45) is 11.7 Å². The molecule has 1 saturated heterocycles. The van der Waals surface area contributed by atoms with Crippen LogP contribution in [0.25, 0.3) is 0 Å². The highest BCUT2D eigenvalue weighted by Gasteiger charge is 2.23. The van der Waals surface area contributed by atoms with Crippen molar-refractivity contribution in [2.45, 2.75) is 51.5 Å². The van der Waals surface area contributed by atoms with E-state index in [0.29, 0.717) is 6.04 Å². The fourth-order valence-corrected chi connectivity index (χ4v) is 3.59. The van der Waals surface area contributed by atoms with Crippen molar-refractivity contribution in [3.05, 3.63) is 35.9 Å². The monoisotopic (exact) mass is 274 g/mol. The van der Waals surface area contributed by atoms with E-state index in [4.69, 9.17) is 5.73 Å². The first-order valence-corrected chi connectivity index (χ1v) is 8.34. The molecular formula is C18H30N2. The zero-order valence-electron chi connectivity index (χ0n) is 12.9. The molecule has 0 saturated carbocycles. The van der Waals surface area contributed by atoms with Crippen LogP contribution in [0.4, 0.5) is 0 Å². The fraction of sp³-hybridized carbons (Fsp3) is 0.667. The Bertz CT molecular complexity index is 363. The Hall–Kier alpha value is -0.860. The maximum absolute atomic E-state index is 5.86. The summed E-state index contributed by atoms with van der Waals surface area (Å²) >= 11 is 0. The summed E-state index contributed by atoms with van der Waals surface area (Å²) in [6, 6.07) is 11.4. The molecule has 1 aliphatic rings. The third-order valence-electron chi connectivity index (χ3n) is 4.64. The summed E-state index contributed by atoms with van der Waals surface area (Å²) < 4.78 is 0. The van der Waals surface area contributed by atoms with Crippen LogP contribution in [0.1, 0.15) is 57.1 Å². The minimum absolute atomic E-state index is 0.515. The van der Waals surface area contributed by atoms with E-state index in [1.54, 1.807) is 0 Å². The van der Waals surface area contributed by atoms with Crippen molar-refractivity contribution < 1.29 is 0 Å². The van der Waals surface area contributed by atoms with Crippen molar-refractivity contribution in [1.82, 2.24) is 4.90 Å². The molecular weight excluding hydrogens is 244 g/mol. The maximum atomic E-state index is 5.86. The molecule has 20 heavy (non-hydrogen) atoms. The Labute approximate surface area is 124 Å². The molecule has 112 valence electrons. The van der Waals surface area contributed by atoms with Gasteiger partial charge in [0, 0.05) is 6.04 Å². The van der Waals surface area contributed by atoms with Gasteiger partial charge in [-0.05, 0) is 56.8 Å². The second-order valence-electron chi connectivity index (χ2n) is 6.13. The molecule has 2 nitrogen and oxygen atoms in total. The Balaban J connectivity index is 2.02. The van der Waals surface area contributed by atoms with Gasteiger partial charge in [0.15, 0.2) is 0 Å². The summed E-state index contributed by atoms with van der Waals surface area (Å²) in [5.41, 5.74) is 7.30. The zero-order valence-corrected chi connectivity index (χ0v) is 12.9. The summed E-state index contributed by atoms with van der Waals surface area (Å²) in [5, 5.41) is 0. The molecule has 1 aliphatic heterocycles. The molecule has 0 aromatic heterocycles. The average Bonchev–Trinajstić information content (AvgIpc) is 2.72. The van der Waals surface area contributed by atoms with Crippen LogP contribution in [0, 0.1) is 5.92 Å². The molecule has 2 N–H and O–H groups in total. The lowest BCUT2D eigenvalue weighted by Gasteiger charge is -2.31. The largest absolute Gasteiger partial charge is 0.330 e. The lowest BCUT2D eigenvalue weighted by molar-refractivity contribution is 0.194. The highest BCUT2D eigenvalue weighted by atomic mass is 15.2. The number of nitrogens with two attached hydrogens (primary N) is 1. The molecule has 0 bridgehead atoms. The van der Waals surface area contributed by atoms with E-state index < -0.39 is 0 Å². The predicted octanol–water partition coefficient (Wildman–Crippen LogP) is 3.98. The number of likely N-dealkylation sites (tertiary alicyclic amines) is 1. The summed E-state index contributed by atoms with van der Waals surface area (Å²) in [6.07, 6.45) is 7.92. The van der Waals surface area contributed by atoms with Gasteiger partial charge in [-0.15, -0.1) is 0 Å². The molecule has 0 aliphatic carbocycles. The molecule has 0 radical (unpaired) electrons. The first kappa shape index (κ1) is 15.5. The van der Waals surface area contributed by atoms with Crippen molar-refractivity contribution in [3.63, 3.8) is 0 Å². The van der Waals surface area contributed by atoms with Crippen LogP contribution in [-0.2, 0) is 0 Å². The van der Waals surface area contributed by atoms with Gasteiger partial charge in [-0.3, -0.25) is 4.90 Å². The van der Waals surface area contributed by atoms with Crippen molar-refractivity contribution in [1.29, 1.82) is 0 Å². The van der Waals surface area contributed by atoms with E-state index in [2.05, 4.69) is 42.2 Å². The van der Waals surface area contributed by atoms with Crippen LogP contribution >= 0.6 is 0 Å². The Morgan fingerprint density at radius 2 is 2.00 bits per heavy atom. The van der Waals surface area contributed by atoms with Crippen LogP contribution in [-0.4, -0.2) is 24.5 Å². The second kappa shape index (κ2) is 8.43. The minimum atomic E-state index is 0.515. The van der Waals surface area contributed by atoms with Gasteiger partial charge in [0.25, 0.3) is 0 Å². The SMILES string of the molecule is CCCC1CCCN(C(CCN)c2ccccc2)CC1. The summed E-state index contributed by atoms with van der Waals surface area (Å²) in [5.74, 6) is 0.944. The van der Waals surface area contributed by atoms with Crippen molar-refractivity contribution in [2.75, 3.05) is 19.6 Å². The quantitative estimate of drug-likeness (QED) is 0.850. The Morgan fingerprint density at radius 1 is 1.20 bits per heavy atom. The molecule has 1 fully saturated rings. The maximum Gasteiger partial charge on any atom is 0.0360 e.